The zero-order valence-corrected chi connectivity index (χ0v) is 11.0. The summed E-state index contributed by atoms with van der Waals surface area (Å²) in [6, 6.07) is 8.27. The van der Waals surface area contributed by atoms with Gasteiger partial charge in [-0.15, -0.1) is 0 Å². The number of aromatic nitrogens is 1. The van der Waals surface area contributed by atoms with Gasteiger partial charge in [-0.2, -0.15) is 0 Å². The fourth-order valence-electron chi connectivity index (χ4n) is 1.56. The van der Waals surface area contributed by atoms with Gasteiger partial charge in [-0.1, -0.05) is 17.9 Å². The molecule has 4 nitrogen and oxygen atoms in total. The van der Waals surface area contributed by atoms with Crippen molar-refractivity contribution in [3.8, 4) is 17.6 Å². The molecule has 0 bridgehead atoms. The van der Waals surface area contributed by atoms with Crippen LogP contribution < -0.4 is 0 Å². The molecule has 0 fully saturated rings. The Labute approximate surface area is 117 Å². The number of esters is 1. The number of hydrogen-bond donors (Lipinski definition) is 1. The lowest BCUT2D eigenvalue weighted by atomic mass is 10.1. The van der Waals surface area contributed by atoms with E-state index >= 15 is 0 Å². The zero-order chi connectivity index (χ0) is 14.4. The molecule has 0 spiro atoms. The average Bonchev–Trinajstić information content (AvgIpc) is 2.46. The fraction of sp³-hybridized carbons (Fsp3) is 0.125. The second-order valence-electron chi connectivity index (χ2n) is 3.98. The Morgan fingerprint density at radius 1 is 1.25 bits per heavy atom. The second kappa shape index (κ2) is 6.39. The molecule has 0 radical (unpaired) electrons. The maximum absolute atomic E-state index is 11.6. The van der Waals surface area contributed by atoms with Crippen molar-refractivity contribution in [2.24, 2.45) is 0 Å². The lowest BCUT2D eigenvalue weighted by Crippen LogP contribution is -2.05. The number of phenols is 1. The van der Waals surface area contributed by atoms with Gasteiger partial charge in [-0.05, 0) is 31.2 Å². The first-order valence-corrected chi connectivity index (χ1v) is 6.12. The Bertz CT molecular complexity index is 683. The van der Waals surface area contributed by atoms with Gasteiger partial charge >= 0.3 is 5.97 Å². The van der Waals surface area contributed by atoms with Crippen LogP contribution in [-0.4, -0.2) is 22.7 Å². The molecule has 0 aliphatic heterocycles. The van der Waals surface area contributed by atoms with Crippen molar-refractivity contribution in [1.29, 1.82) is 0 Å². The Hall–Kier alpha value is -2.80. The average molecular weight is 267 g/mol. The molecule has 20 heavy (non-hydrogen) atoms. The summed E-state index contributed by atoms with van der Waals surface area (Å²) >= 11 is 0. The number of carbonyl (C=O) groups is 1. The van der Waals surface area contributed by atoms with Gasteiger partial charge in [0.15, 0.2) is 0 Å². The largest absolute Gasteiger partial charge is 0.508 e. The summed E-state index contributed by atoms with van der Waals surface area (Å²) in [5.41, 5.74) is 1.67. The van der Waals surface area contributed by atoms with E-state index in [2.05, 4.69) is 16.8 Å². The predicted octanol–water partition coefficient (Wildman–Crippen LogP) is 2.36. The molecule has 0 saturated heterocycles. The highest BCUT2D eigenvalue weighted by Crippen LogP contribution is 2.10. The summed E-state index contributed by atoms with van der Waals surface area (Å²) < 4.78 is 4.90. The summed E-state index contributed by atoms with van der Waals surface area (Å²) in [4.78, 5) is 15.5. The van der Waals surface area contributed by atoms with Crippen molar-refractivity contribution in [3.05, 3.63) is 59.4 Å². The van der Waals surface area contributed by atoms with Crippen molar-refractivity contribution in [3.63, 3.8) is 0 Å². The molecule has 0 saturated carbocycles. The van der Waals surface area contributed by atoms with E-state index in [-0.39, 0.29) is 5.75 Å². The van der Waals surface area contributed by atoms with Crippen LogP contribution in [0.15, 0.2) is 42.7 Å². The van der Waals surface area contributed by atoms with E-state index in [9.17, 15) is 9.90 Å². The number of nitrogens with zero attached hydrogens (tertiary/aromatic N) is 1. The van der Waals surface area contributed by atoms with Crippen molar-refractivity contribution in [2.75, 3.05) is 6.61 Å². The number of phenolic OH excluding ortho intramolecular Hbond substituents is 1. The van der Waals surface area contributed by atoms with E-state index in [1.165, 1.54) is 6.20 Å². The molecule has 2 rings (SSSR count). The molecular weight excluding hydrogens is 254 g/mol. The van der Waals surface area contributed by atoms with Crippen LogP contribution in [0.4, 0.5) is 0 Å². The highest BCUT2D eigenvalue weighted by Gasteiger charge is 2.06. The molecule has 0 amide bonds. The van der Waals surface area contributed by atoms with E-state index in [1.807, 2.05) is 0 Å². The minimum absolute atomic E-state index is 0.162. The number of ether oxygens (including phenoxy) is 1. The van der Waals surface area contributed by atoms with Gasteiger partial charge in [0.25, 0.3) is 0 Å². The number of rotatable bonds is 2. The summed E-state index contributed by atoms with van der Waals surface area (Å²) in [5, 5.41) is 9.34. The minimum atomic E-state index is -0.416. The lowest BCUT2D eigenvalue weighted by Gasteiger charge is -2.00. The molecule has 0 aliphatic carbocycles. The Morgan fingerprint density at radius 3 is 2.80 bits per heavy atom. The van der Waals surface area contributed by atoms with Crippen LogP contribution in [0.1, 0.15) is 28.4 Å². The number of pyridine rings is 1. The third kappa shape index (κ3) is 3.59. The molecule has 1 N–H and O–H groups in total. The number of benzene rings is 1. The van der Waals surface area contributed by atoms with Crippen molar-refractivity contribution in [1.82, 2.24) is 4.98 Å². The predicted molar refractivity (Wildman–Crippen MR) is 74.3 cm³/mol. The highest BCUT2D eigenvalue weighted by molar-refractivity contribution is 5.89. The van der Waals surface area contributed by atoms with Crippen LogP contribution in [0.2, 0.25) is 0 Å². The minimum Gasteiger partial charge on any atom is -0.508 e. The smallest absolute Gasteiger partial charge is 0.339 e. The van der Waals surface area contributed by atoms with E-state index in [1.54, 1.807) is 43.5 Å². The van der Waals surface area contributed by atoms with Crippen molar-refractivity contribution < 1.29 is 14.6 Å². The van der Waals surface area contributed by atoms with E-state index < -0.39 is 5.97 Å². The highest BCUT2D eigenvalue weighted by atomic mass is 16.5. The summed E-state index contributed by atoms with van der Waals surface area (Å²) in [7, 11) is 0. The van der Waals surface area contributed by atoms with Crippen LogP contribution in [0, 0.1) is 11.8 Å². The summed E-state index contributed by atoms with van der Waals surface area (Å²) in [5.74, 6) is 5.54. The molecule has 2 aromatic rings. The number of carbonyl (C=O) groups excluding carboxylic acids is 1. The van der Waals surface area contributed by atoms with Crippen LogP contribution >= 0.6 is 0 Å². The van der Waals surface area contributed by atoms with Gasteiger partial charge in [-0.25, -0.2) is 4.79 Å². The van der Waals surface area contributed by atoms with E-state index in [0.29, 0.717) is 23.3 Å². The third-order valence-electron chi connectivity index (χ3n) is 2.45. The maximum Gasteiger partial charge on any atom is 0.339 e. The standard InChI is InChI=1S/C16H13NO3/c1-2-20-16(19)14-8-13(10-17-11-14)7-6-12-4-3-5-15(18)9-12/h3-5,8-11,18H,2H2,1H3. The van der Waals surface area contributed by atoms with Crippen LogP contribution in [0.5, 0.6) is 5.75 Å². The van der Waals surface area contributed by atoms with Gasteiger partial charge in [0.1, 0.15) is 5.75 Å². The maximum atomic E-state index is 11.6. The Morgan fingerprint density at radius 2 is 2.05 bits per heavy atom. The molecule has 4 heteroatoms. The third-order valence-corrected chi connectivity index (χ3v) is 2.45. The SMILES string of the molecule is CCOC(=O)c1cncc(C#Cc2cccc(O)c2)c1. The molecule has 0 atom stereocenters. The van der Waals surface area contributed by atoms with Crippen LogP contribution in [0.25, 0.3) is 0 Å². The second-order valence-corrected chi connectivity index (χ2v) is 3.98. The molecular formula is C16H13NO3. The molecule has 1 aromatic carbocycles. The van der Waals surface area contributed by atoms with Gasteiger partial charge < -0.3 is 9.84 Å². The van der Waals surface area contributed by atoms with E-state index in [0.717, 1.165) is 0 Å². The number of aromatic hydroxyl groups is 1. The van der Waals surface area contributed by atoms with Crippen molar-refractivity contribution in [2.45, 2.75) is 6.92 Å². The van der Waals surface area contributed by atoms with Crippen LogP contribution in [0.3, 0.4) is 0 Å². The van der Waals surface area contributed by atoms with Gasteiger partial charge in [0.05, 0.1) is 12.2 Å². The quantitative estimate of drug-likeness (QED) is 0.670. The van der Waals surface area contributed by atoms with Gasteiger partial charge in [-0.3, -0.25) is 4.98 Å². The zero-order valence-electron chi connectivity index (χ0n) is 11.0. The molecule has 100 valence electrons. The fourth-order valence-corrected chi connectivity index (χ4v) is 1.56. The Kier molecular flexibility index (Phi) is 4.35. The summed E-state index contributed by atoms with van der Waals surface area (Å²) in [6.45, 7) is 2.06. The van der Waals surface area contributed by atoms with Gasteiger partial charge in [0, 0.05) is 23.5 Å². The lowest BCUT2D eigenvalue weighted by molar-refractivity contribution is 0.0526. The van der Waals surface area contributed by atoms with Crippen molar-refractivity contribution >= 4 is 5.97 Å². The molecule has 0 aliphatic rings. The first kappa shape index (κ1) is 13.6. The first-order valence-electron chi connectivity index (χ1n) is 6.12. The monoisotopic (exact) mass is 267 g/mol. The normalized spacial score (nSPS) is 9.45. The van der Waals surface area contributed by atoms with Gasteiger partial charge in [0.2, 0.25) is 0 Å². The van der Waals surface area contributed by atoms with E-state index in [4.69, 9.17) is 4.74 Å². The first-order chi connectivity index (χ1) is 9.69. The summed E-state index contributed by atoms with van der Waals surface area (Å²) in [6.07, 6.45) is 3.01. The molecule has 1 aromatic heterocycles. The molecule has 1 heterocycles. The van der Waals surface area contributed by atoms with Crippen LogP contribution in [-0.2, 0) is 4.74 Å². The molecule has 0 unspecified atom stereocenters. The number of hydrogen-bond acceptors (Lipinski definition) is 4. The Balaban J connectivity index is 2.23. The topological polar surface area (TPSA) is 59.4 Å².